The van der Waals surface area contributed by atoms with Gasteiger partial charge in [-0.2, -0.15) is 0 Å². The molecule has 1 atom stereocenters. The highest BCUT2D eigenvalue weighted by Gasteiger charge is 2.07. The number of carbonyl (C=O) groups excluding carboxylic acids is 1. The van der Waals surface area contributed by atoms with E-state index in [4.69, 9.17) is 9.47 Å². The van der Waals surface area contributed by atoms with E-state index < -0.39 is 0 Å². The van der Waals surface area contributed by atoms with Gasteiger partial charge in [0.05, 0.1) is 6.61 Å². The number of esters is 1. The van der Waals surface area contributed by atoms with Gasteiger partial charge in [0, 0.05) is 17.8 Å². The second kappa shape index (κ2) is 6.78. The number of hydrogen-bond donors (Lipinski definition) is 0. The zero-order valence-electron chi connectivity index (χ0n) is 11.2. The third kappa shape index (κ3) is 4.69. The van der Waals surface area contributed by atoms with Crippen molar-refractivity contribution in [3.05, 3.63) is 27.7 Å². The Bertz CT molecular complexity index is 406. The lowest BCUT2D eigenvalue weighted by Gasteiger charge is -2.13. The minimum Gasteiger partial charge on any atom is -0.493 e. The molecule has 0 aliphatic carbocycles. The van der Waals surface area contributed by atoms with Gasteiger partial charge in [-0.1, -0.05) is 15.9 Å². The Morgan fingerprint density at radius 1 is 1.33 bits per heavy atom. The van der Waals surface area contributed by atoms with Crippen molar-refractivity contribution in [1.29, 1.82) is 0 Å². The quantitative estimate of drug-likeness (QED) is 0.776. The number of rotatable bonds is 5. The van der Waals surface area contributed by atoms with Gasteiger partial charge in [0.2, 0.25) is 0 Å². The molecule has 18 heavy (non-hydrogen) atoms. The van der Waals surface area contributed by atoms with E-state index >= 15 is 0 Å². The Labute approximate surface area is 117 Å². The molecule has 1 rings (SSSR count). The molecule has 1 aromatic rings. The summed E-state index contributed by atoms with van der Waals surface area (Å²) >= 11 is 3.52. The molecular weight excluding hydrogens is 296 g/mol. The van der Waals surface area contributed by atoms with Crippen LogP contribution in [0.5, 0.6) is 5.75 Å². The molecule has 0 amide bonds. The highest BCUT2D eigenvalue weighted by atomic mass is 79.9. The van der Waals surface area contributed by atoms with Gasteiger partial charge in [-0.05, 0) is 44.0 Å². The smallest absolute Gasteiger partial charge is 0.302 e. The lowest BCUT2D eigenvalue weighted by atomic mass is 10.1. The predicted octanol–water partition coefficient (Wildman–Crippen LogP) is 3.79. The van der Waals surface area contributed by atoms with E-state index in [1.807, 2.05) is 32.9 Å². The first-order valence-corrected chi connectivity index (χ1v) is 6.76. The zero-order chi connectivity index (χ0) is 13.7. The van der Waals surface area contributed by atoms with Gasteiger partial charge in [0.1, 0.15) is 11.9 Å². The summed E-state index contributed by atoms with van der Waals surface area (Å²) in [4.78, 5) is 10.7. The first-order valence-electron chi connectivity index (χ1n) is 5.97. The molecule has 0 aromatic heterocycles. The summed E-state index contributed by atoms with van der Waals surface area (Å²) in [6.07, 6.45) is 0.577. The molecule has 0 N–H and O–H groups in total. The number of benzene rings is 1. The maximum atomic E-state index is 10.7. The summed E-state index contributed by atoms with van der Waals surface area (Å²) in [7, 11) is 0. The van der Waals surface area contributed by atoms with Crippen LogP contribution in [-0.2, 0) is 9.53 Å². The topological polar surface area (TPSA) is 35.5 Å². The van der Waals surface area contributed by atoms with E-state index in [9.17, 15) is 4.79 Å². The van der Waals surface area contributed by atoms with Crippen LogP contribution in [0.15, 0.2) is 16.6 Å². The van der Waals surface area contributed by atoms with Crippen molar-refractivity contribution in [2.45, 2.75) is 40.2 Å². The van der Waals surface area contributed by atoms with Crippen LogP contribution < -0.4 is 4.74 Å². The van der Waals surface area contributed by atoms with Gasteiger partial charge in [0.15, 0.2) is 0 Å². The van der Waals surface area contributed by atoms with E-state index in [1.165, 1.54) is 6.92 Å². The molecule has 0 aliphatic heterocycles. The fourth-order valence-corrected chi connectivity index (χ4v) is 1.90. The summed E-state index contributed by atoms with van der Waals surface area (Å²) in [5, 5.41) is 0. The average molecular weight is 315 g/mol. The van der Waals surface area contributed by atoms with E-state index in [0.29, 0.717) is 13.0 Å². The first-order chi connectivity index (χ1) is 8.40. The predicted molar refractivity (Wildman–Crippen MR) is 75.0 cm³/mol. The molecule has 0 aliphatic rings. The minimum atomic E-state index is -0.252. The van der Waals surface area contributed by atoms with Crippen molar-refractivity contribution in [3.8, 4) is 5.75 Å². The van der Waals surface area contributed by atoms with Gasteiger partial charge in [-0.25, -0.2) is 0 Å². The fourth-order valence-electron chi connectivity index (χ4n) is 1.67. The van der Waals surface area contributed by atoms with Gasteiger partial charge in [0.25, 0.3) is 0 Å². The van der Waals surface area contributed by atoms with Gasteiger partial charge in [-0.15, -0.1) is 0 Å². The van der Waals surface area contributed by atoms with Crippen molar-refractivity contribution in [3.63, 3.8) is 0 Å². The van der Waals surface area contributed by atoms with E-state index in [0.717, 1.165) is 21.3 Å². The Balaban J connectivity index is 2.47. The number of ether oxygens (including phenoxy) is 2. The highest BCUT2D eigenvalue weighted by molar-refractivity contribution is 9.10. The van der Waals surface area contributed by atoms with Crippen molar-refractivity contribution in [2.75, 3.05) is 6.61 Å². The van der Waals surface area contributed by atoms with Crippen molar-refractivity contribution in [1.82, 2.24) is 0 Å². The van der Waals surface area contributed by atoms with Crippen molar-refractivity contribution < 1.29 is 14.3 Å². The second-order valence-corrected chi connectivity index (χ2v) is 5.22. The molecule has 0 spiro atoms. The van der Waals surface area contributed by atoms with Crippen LogP contribution in [-0.4, -0.2) is 18.7 Å². The van der Waals surface area contributed by atoms with Gasteiger partial charge >= 0.3 is 5.97 Å². The van der Waals surface area contributed by atoms with Crippen LogP contribution in [0.2, 0.25) is 0 Å². The SMILES string of the molecule is CC(=O)O[C@H](C)CCOc1cc(C)c(Br)c(C)c1. The van der Waals surface area contributed by atoms with Crippen LogP contribution in [0, 0.1) is 13.8 Å². The molecule has 0 bridgehead atoms. The molecule has 100 valence electrons. The Morgan fingerprint density at radius 3 is 2.39 bits per heavy atom. The molecule has 0 saturated carbocycles. The van der Waals surface area contributed by atoms with Crippen LogP contribution in [0.3, 0.4) is 0 Å². The minimum absolute atomic E-state index is 0.111. The molecule has 4 heteroatoms. The second-order valence-electron chi connectivity index (χ2n) is 4.43. The maximum absolute atomic E-state index is 10.7. The average Bonchev–Trinajstić information content (AvgIpc) is 2.24. The summed E-state index contributed by atoms with van der Waals surface area (Å²) in [6.45, 7) is 7.88. The Kier molecular flexibility index (Phi) is 5.66. The van der Waals surface area contributed by atoms with Gasteiger partial charge < -0.3 is 9.47 Å². The van der Waals surface area contributed by atoms with Crippen LogP contribution in [0.4, 0.5) is 0 Å². The Hall–Kier alpha value is -1.03. The number of halogens is 1. The summed E-state index contributed by atoms with van der Waals surface area (Å²) in [6, 6.07) is 3.99. The third-order valence-electron chi connectivity index (χ3n) is 2.57. The van der Waals surface area contributed by atoms with Crippen molar-refractivity contribution >= 4 is 21.9 Å². The van der Waals surface area contributed by atoms with E-state index in [-0.39, 0.29) is 12.1 Å². The summed E-state index contributed by atoms with van der Waals surface area (Å²) in [5.41, 5.74) is 2.30. The van der Waals surface area contributed by atoms with Crippen LogP contribution in [0.25, 0.3) is 0 Å². The largest absolute Gasteiger partial charge is 0.493 e. The monoisotopic (exact) mass is 314 g/mol. The molecule has 0 unspecified atom stereocenters. The Morgan fingerprint density at radius 2 is 1.89 bits per heavy atom. The molecule has 0 heterocycles. The van der Waals surface area contributed by atoms with Crippen molar-refractivity contribution in [2.24, 2.45) is 0 Å². The number of hydrogen-bond acceptors (Lipinski definition) is 3. The number of carbonyl (C=O) groups is 1. The molecule has 3 nitrogen and oxygen atoms in total. The van der Waals surface area contributed by atoms with E-state index in [1.54, 1.807) is 0 Å². The van der Waals surface area contributed by atoms with Crippen LogP contribution >= 0.6 is 15.9 Å². The van der Waals surface area contributed by atoms with E-state index in [2.05, 4.69) is 15.9 Å². The van der Waals surface area contributed by atoms with Gasteiger partial charge in [-0.3, -0.25) is 4.79 Å². The number of aryl methyl sites for hydroxylation is 2. The molecule has 0 fully saturated rings. The third-order valence-corrected chi connectivity index (χ3v) is 3.82. The normalized spacial score (nSPS) is 12.1. The molecule has 0 saturated heterocycles. The highest BCUT2D eigenvalue weighted by Crippen LogP contribution is 2.26. The summed E-state index contributed by atoms with van der Waals surface area (Å²) < 4.78 is 11.8. The zero-order valence-corrected chi connectivity index (χ0v) is 12.8. The summed E-state index contributed by atoms with van der Waals surface area (Å²) in [5.74, 6) is 0.598. The lowest BCUT2D eigenvalue weighted by Crippen LogP contribution is -2.15. The van der Waals surface area contributed by atoms with Crippen LogP contribution in [0.1, 0.15) is 31.4 Å². The molecule has 1 aromatic carbocycles. The molecular formula is C14H19BrO3. The lowest BCUT2D eigenvalue weighted by molar-refractivity contribution is -0.145. The standard InChI is InChI=1S/C14H19BrO3/c1-9-7-13(8-10(2)14(9)15)17-6-5-11(3)18-12(4)16/h7-8,11H,5-6H2,1-4H3/t11-/m1/s1. The maximum Gasteiger partial charge on any atom is 0.302 e. The fraction of sp³-hybridized carbons (Fsp3) is 0.500. The first kappa shape index (κ1) is 15.0. The molecule has 0 radical (unpaired) electrons.